The lowest BCUT2D eigenvalue weighted by atomic mass is 9.98. The summed E-state index contributed by atoms with van der Waals surface area (Å²) < 4.78 is 0. The van der Waals surface area contributed by atoms with Gasteiger partial charge >= 0.3 is 12.0 Å². The van der Waals surface area contributed by atoms with E-state index >= 15 is 0 Å². The summed E-state index contributed by atoms with van der Waals surface area (Å²) >= 11 is 0. The molecule has 1 fully saturated rings. The first kappa shape index (κ1) is 28.3. The highest BCUT2D eigenvalue weighted by Crippen LogP contribution is 2.33. The first-order valence-electron chi connectivity index (χ1n) is 12.3. The highest BCUT2D eigenvalue weighted by atomic mass is 16.6. The zero-order valence-electron chi connectivity index (χ0n) is 21.8. The summed E-state index contributed by atoms with van der Waals surface area (Å²) in [5, 5.41) is 23.1. The van der Waals surface area contributed by atoms with E-state index in [1.807, 2.05) is 13.8 Å². The second kappa shape index (κ2) is 11.4. The Morgan fingerprint density at radius 3 is 2.18 bits per heavy atom. The fourth-order valence-electron chi connectivity index (χ4n) is 4.47. The standard InChI is InChI=1S/C27H32N4O7/c1-17(2)14-22(24(34)28-21(15-23(32)33)19-8-6-5-7-9-19)30-25(35)27(3,4)29(26(30)36)16-18-10-12-20(13-11-18)31(37)38/h5-13,17,21-22H,14-16H2,1-4H3,(H,28,34)(H,32,33). The van der Waals surface area contributed by atoms with Crippen molar-refractivity contribution in [1.82, 2.24) is 15.1 Å². The molecule has 2 unspecified atom stereocenters. The number of nitro groups is 1. The van der Waals surface area contributed by atoms with Crippen LogP contribution in [0.1, 0.15) is 57.7 Å². The van der Waals surface area contributed by atoms with Gasteiger partial charge < -0.3 is 15.3 Å². The zero-order valence-corrected chi connectivity index (χ0v) is 21.8. The van der Waals surface area contributed by atoms with Crippen LogP contribution in [0, 0.1) is 16.0 Å². The lowest BCUT2D eigenvalue weighted by molar-refractivity contribution is -0.384. The van der Waals surface area contributed by atoms with Gasteiger partial charge in [-0.05, 0) is 37.3 Å². The van der Waals surface area contributed by atoms with Crippen LogP contribution < -0.4 is 5.32 Å². The van der Waals surface area contributed by atoms with Crippen molar-refractivity contribution in [1.29, 1.82) is 0 Å². The molecule has 1 aliphatic rings. The molecule has 0 bridgehead atoms. The SMILES string of the molecule is CC(C)CC(C(=O)NC(CC(=O)O)c1ccccc1)N1C(=O)N(Cc2ccc([N+](=O)[O-])cc2)C(C)(C)C1=O. The van der Waals surface area contributed by atoms with Crippen molar-refractivity contribution in [2.75, 3.05) is 0 Å². The molecule has 11 nitrogen and oxygen atoms in total. The summed E-state index contributed by atoms with van der Waals surface area (Å²) in [4.78, 5) is 65.0. The summed E-state index contributed by atoms with van der Waals surface area (Å²) in [5.74, 6) is -2.35. The number of nitrogens with one attached hydrogen (secondary N) is 1. The van der Waals surface area contributed by atoms with E-state index in [1.54, 1.807) is 44.2 Å². The van der Waals surface area contributed by atoms with Crippen molar-refractivity contribution in [2.45, 2.75) is 64.7 Å². The van der Waals surface area contributed by atoms with Crippen LogP contribution in [-0.2, 0) is 20.9 Å². The van der Waals surface area contributed by atoms with Crippen LogP contribution in [0.2, 0.25) is 0 Å². The summed E-state index contributed by atoms with van der Waals surface area (Å²) in [5.41, 5.74) is -0.205. The van der Waals surface area contributed by atoms with Gasteiger partial charge in [-0.25, -0.2) is 9.69 Å². The van der Waals surface area contributed by atoms with E-state index in [-0.39, 0.29) is 31.0 Å². The lowest BCUT2D eigenvalue weighted by Gasteiger charge is -2.29. The first-order chi connectivity index (χ1) is 17.8. The zero-order chi connectivity index (χ0) is 28.2. The minimum Gasteiger partial charge on any atom is -0.481 e. The lowest BCUT2D eigenvalue weighted by Crippen LogP contribution is -2.52. The van der Waals surface area contributed by atoms with E-state index in [4.69, 9.17) is 0 Å². The number of hydrogen-bond acceptors (Lipinski definition) is 6. The summed E-state index contributed by atoms with van der Waals surface area (Å²) in [6.45, 7) is 6.89. The molecule has 1 aliphatic heterocycles. The van der Waals surface area contributed by atoms with E-state index in [0.29, 0.717) is 11.1 Å². The van der Waals surface area contributed by atoms with Crippen molar-refractivity contribution in [3.05, 3.63) is 75.8 Å². The quantitative estimate of drug-likeness (QED) is 0.257. The summed E-state index contributed by atoms with van der Waals surface area (Å²) in [7, 11) is 0. The number of nitro benzene ring substituents is 1. The fraction of sp³-hybridized carbons (Fsp3) is 0.407. The Morgan fingerprint density at radius 1 is 1.05 bits per heavy atom. The van der Waals surface area contributed by atoms with Gasteiger partial charge in [-0.2, -0.15) is 0 Å². The number of imide groups is 1. The van der Waals surface area contributed by atoms with Gasteiger partial charge in [0.1, 0.15) is 11.6 Å². The highest BCUT2D eigenvalue weighted by Gasteiger charge is 2.54. The number of hydrogen-bond donors (Lipinski definition) is 2. The maximum atomic E-state index is 13.6. The predicted octanol–water partition coefficient (Wildman–Crippen LogP) is 3.88. The van der Waals surface area contributed by atoms with Gasteiger partial charge in [0.15, 0.2) is 0 Å². The van der Waals surface area contributed by atoms with Gasteiger partial charge in [-0.1, -0.05) is 56.3 Å². The van der Waals surface area contributed by atoms with E-state index in [0.717, 1.165) is 4.90 Å². The number of rotatable bonds is 11. The smallest absolute Gasteiger partial charge is 0.328 e. The average molecular weight is 525 g/mol. The number of non-ortho nitro benzene ring substituents is 1. The molecule has 1 saturated heterocycles. The maximum absolute atomic E-state index is 13.6. The van der Waals surface area contributed by atoms with Gasteiger partial charge in [-0.15, -0.1) is 0 Å². The fourth-order valence-corrected chi connectivity index (χ4v) is 4.47. The number of amides is 4. The summed E-state index contributed by atoms with van der Waals surface area (Å²) in [6.07, 6.45) is -0.191. The molecule has 1 heterocycles. The van der Waals surface area contributed by atoms with Gasteiger partial charge in [-0.3, -0.25) is 24.5 Å². The van der Waals surface area contributed by atoms with Crippen LogP contribution in [-0.4, -0.2) is 55.2 Å². The van der Waals surface area contributed by atoms with Crippen LogP contribution in [0.5, 0.6) is 0 Å². The molecule has 2 atom stereocenters. The maximum Gasteiger partial charge on any atom is 0.328 e. The molecule has 0 aliphatic carbocycles. The molecule has 0 aromatic heterocycles. The van der Waals surface area contributed by atoms with Gasteiger partial charge in [0, 0.05) is 18.7 Å². The largest absolute Gasteiger partial charge is 0.481 e. The van der Waals surface area contributed by atoms with Crippen LogP contribution in [0.4, 0.5) is 10.5 Å². The molecule has 2 aromatic rings. The Bertz CT molecular complexity index is 1210. The molecule has 202 valence electrons. The van der Waals surface area contributed by atoms with Crippen molar-refractivity contribution in [2.24, 2.45) is 5.92 Å². The number of carboxylic acids is 1. The Balaban J connectivity index is 1.90. The normalized spacial score (nSPS) is 16.4. The molecule has 2 aromatic carbocycles. The van der Waals surface area contributed by atoms with Crippen molar-refractivity contribution < 1.29 is 29.2 Å². The average Bonchev–Trinajstić information content (AvgIpc) is 3.01. The van der Waals surface area contributed by atoms with Gasteiger partial charge in [0.05, 0.1) is 17.4 Å². The second-order valence-corrected chi connectivity index (χ2v) is 10.2. The van der Waals surface area contributed by atoms with E-state index in [2.05, 4.69) is 5.32 Å². The molecule has 2 N–H and O–H groups in total. The predicted molar refractivity (Wildman–Crippen MR) is 138 cm³/mol. The van der Waals surface area contributed by atoms with Gasteiger partial charge in [0.2, 0.25) is 5.91 Å². The number of aliphatic carboxylic acids is 1. The number of carbonyl (C=O) groups is 4. The third kappa shape index (κ3) is 6.16. The highest BCUT2D eigenvalue weighted by molar-refractivity contribution is 6.09. The van der Waals surface area contributed by atoms with E-state index in [9.17, 15) is 34.4 Å². The topological polar surface area (TPSA) is 150 Å². The third-order valence-corrected chi connectivity index (χ3v) is 6.55. The Morgan fingerprint density at radius 2 is 1.66 bits per heavy atom. The molecular formula is C27H32N4O7. The molecule has 4 amide bonds. The Labute approximate surface area is 220 Å². The molecule has 38 heavy (non-hydrogen) atoms. The monoisotopic (exact) mass is 524 g/mol. The minimum absolute atomic E-state index is 0.00768. The van der Waals surface area contributed by atoms with Crippen LogP contribution in [0.25, 0.3) is 0 Å². The molecule has 0 saturated carbocycles. The Hall–Kier alpha value is -4.28. The Kier molecular flexibility index (Phi) is 8.49. The second-order valence-electron chi connectivity index (χ2n) is 10.2. The number of urea groups is 1. The first-order valence-corrected chi connectivity index (χ1v) is 12.3. The van der Waals surface area contributed by atoms with Crippen LogP contribution in [0.3, 0.4) is 0 Å². The number of benzene rings is 2. The van der Waals surface area contributed by atoms with Crippen LogP contribution >= 0.6 is 0 Å². The molecule has 11 heteroatoms. The summed E-state index contributed by atoms with van der Waals surface area (Å²) in [6, 6.07) is 11.6. The van der Waals surface area contributed by atoms with Gasteiger partial charge in [0.25, 0.3) is 11.6 Å². The minimum atomic E-state index is -1.28. The number of carbonyl (C=O) groups excluding carboxylic acids is 3. The van der Waals surface area contributed by atoms with E-state index in [1.165, 1.54) is 29.2 Å². The van der Waals surface area contributed by atoms with Crippen molar-refractivity contribution in [3.63, 3.8) is 0 Å². The third-order valence-electron chi connectivity index (χ3n) is 6.55. The molecule has 0 radical (unpaired) electrons. The molecule has 0 spiro atoms. The van der Waals surface area contributed by atoms with E-state index < -0.39 is 46.4 Å². The number of carboxylic acid groups (broad SMARTS) is 1. The van der Waals surface area contributed by atoms with Crippen LogP contribution in [0.15, 0.2) is 54.6 Å². The van der Waals surface area contributed by atoms with Crippen molar-refractivity contribution >= 4 is 29.5 Å². The van der Waals surface area contributed by atoms with Crippen molar-refractivity contribution in [3.8, 4) is 0 Å². The molecular weight excluding hydrogens is 492 g/mol. The molecule has 3 rings (SSSR count). The number of nitrogens with zero attached hydrogens (tertiary/aromatic N) is 3.